The van der Waals surface area contributed by atoms with Crippen molar-refractivity contribution >= 4 is 5.78 Å². The first-order valence-electron chi connectivity index (χ1n) is 7.04. The molecule has 0 amide bonds. The lowest BCUT2D eigenvalue weighted by atomic mass is 10.0. The summed E-state index contributed by atoms with van der Waals surface area (Å²) in [7, 11) is 0. The van der Waals surface area contributed by atoms with Gasteiger partial charge in [-0.3, -0.25) is 4.79 Å². The number of fused-ring (bicyclic) bond motifs is 2. The number of ether oxygens (including phenoxy) is 1. The molecule has 2 saturated heterocycles. The van der Waals surface area contributed by atoms with Crippen LogP contribution < -0.4 is 0 Å². The van der Waals surface area contributed by atoms with Crippen LogP contribution in [-0.2, 0) is 9.53 Å². The number of ketones is 1. The Labute approximate surface area is 98.7 Å². The normalized spacial score (nSPS) is 33.9. The van der Waals surface area contributed by atoms with Crippen LogP contribution in [-0.4, -0.2) is 18.0 Å². The molecule has 0 aromatic heterocycles. The first-order valence-corrected chi connectivity index (χ1v) is 7.04. The van der Waals surface area contributed by atoms with E-state index < -0.39 is 0 Å². The van der Waals surface area contributed by atoms with Crippen molar-refractivity contribution in [1.29, 1.82) is 0 Å². The molecular weight excluding hydrogens is 200 g/mol. The molecular formula is C14H24O2. The van der Waals surface area contributed by atoms with Gasteiger partial charge in [-0.05, 0) is 25.7 Å². The highest BCUT2D eigenvalue weighted by Gasteiger charge is 2.29. The predicted octanol–water partition coefficient (Wildman–Crippen LogP) is 3.63. The zero-order valence-corrected chi connectivity index (χ0v) is 10.2. The van der Waals surface area contributed by atoms with E-state index in [1.54, 1.807) is 0 Å². The maximum Gasteiger partial charge on any atom is 0.161 e. The summed E-state index contributed by atoms with van der Waals surface area (Å²) in [6.45, 7) is 0. The molecule has 0 radical (unpaired) electrons. The van der Waals surface area contributed by atoms with Gasteiger partial charge in [0.25, 0.3) is 0 Å². The quantitative estimate of drug-likeness (QED) is 0.628. The van der Waals surface area contributed by atoms with Crippen molar-refractivity contribution in [2.45, 2.75) is 82.8 Å². The van der Waals surface area contributed by atoms with Crippen LogP contribution >= 0.6 is 0 Å². The van der Waals surface area contributed by atoms with Crippen molar-refractivity contribution in [2.75, 3.05) is 0 Å². The maximum atomic E-state index is 11.8. The third kappa shape index (κ3) is 3.58. The van der Waals surface area contributed by atoms with Crippen molar-refractivity contribution in [1.82, 2.24) is 0 Å². The second-order valence-electron chi connectivity index (χ2n) is 5.30. The van der Waals surface area contributed by atoms with Gasteiger partial charge in [0.1, 0.15) is 6.10 Å². The monoisotopic (exact) mass is 224 g/mol. The first kappa shape index (κ1) is 12.1. The van der Waals surface area contributed by atoms with E-state index in [0.717, 1.165) is 25.7 Å². The van der Waals surface area contributed by atoms with E-state index in [2.05, 4.69) is 0 Å². The van der Waals surface area contributed by atoms with Crippen molar-refractivity contribution in [3.05, 3.63) is 0 Å². The molecule has 0 aromatic carbocycles. The van der Waals surface area contributed by atoms with Gasteiger partial charge < -0.3 is 4.74 Å². The fraction of sp³-hybridized carbons (Fsp3) is 0.929. The van der Waals surface area contributed by atoms with Gasteiger partial charge in [0.2, 0.25) is 0 Å². The van der Waals surface area contributed by atoms with E-state index in [-0.39, 0.29) is 6.10 Å². The minimum absolute atomic E-state index is 0.0502. The topological polar surface area (TPSA) is 26.3 Å². The molecule has 2 atom stereocenters. The number of carbonyl (C=O) groups excluding carboxylic acids is 1. The molecule has 2 aliphatic heterocycles. The molecule has 2 fully saturated rings. The molecule has 2 heteroatoms. The summed E-state index contributed by atoms with van der Waals surface area (Å²) in [6, 6.07) is 0. The van der Waals surface area contributed by atoms with Crippen molar-refractivity contribution < 1.29 is 9.53 Å². The number of hydrogen-bond donors (Lipinski definition) is 0. The van der Waals surface area contributed by atoms with Gasteiger partial charge >= 0.3 is 0 Å². The summed E-state index contributed by atoms with van der Waals surface area (Å²) >= 11 is 0. The summed E-state index contributed by atoms with van der Waals surface area (Å²) < 4.78 is 5.84. The van der Waals surface area contributed by atoms with Crippen LogP contribution in [0, 0.1) is 0 Å². The van der Waals surface area contributed by atoms with Gasteiger partial charge in [0, 0.05) is 6.42 Å². The highest BCUT2D eigenvalue weighted by molar-refractivity contribution is 5.83. The van der Waals surface area contributed by atoms with Gasteiger partial charge in [-0.15, -0.1) is 0 Å². The average Bonchev–Trinajstić information content (AvgIpc) is 2.75. The highest BCUT2D eigenvalue weighted by Crippen LogP contribution is 2.26. The van der Waals surface area contributed by atoms with E-state index in [4.69, 9.17) is 4.74 Å². The van der Waals surface area contributed by atoms with Crippen LogP contribution in [0.25, 0.3) is 0 Å². The standard InChI is InChI=1S/C14H24O2/c15-13-9-7-5-3-1-2-4-6-8-12-10-11-14(13)16-12/h12,14H,1-11H2. The molecule has 2 heterocycles. The fourth-order valence-electron chi connectivity index (χ4n) is 2.87. The molecule has 0 spiro atoms. The Morgan fingerprint density at radius 1 is 0.812 bits per heavy atom. The first-order chi connectivity index (χ1) is 7.86. The third-order valence-corrected chi connectivity index (χ3v) is 3.92. The Morgan fingerprint density at radius 3 is 2.31 bits per heavy atom. The zero-order chi connectivity index (χ0) is 11.2. The van der Waals surface area contributed by atoms with Crippen LogP contribution in [0.2, 0.25) is 0 Å². The lowest BCUT2D eigenvalue weighted by molar-refractivity contribution is -0.130. The number of hydrogen-bond acceptors (Lipinski definition) is 2. The predicted molar refractivity (Wildman–Crippen MR) is 64.5 cm³/mol. The summed E-state index contributed by atoms with van der Waals surface area (Å²) in [5.74, 6) is 0.363. The van der Waals surface area contributed by atoms with Crippen LogP contribution in [0.4, 0.5) is 0 Å². The van der Waals surface area contributed by atoms with Crippen LogP contribution in [0.3, 0.4) is 0 Å². The molecule has 92 valence electrons. The van der Waals surface area contributed by atoms with E-state index in [1.807, 2.05) is 0 Å². The van der Waals surface area contributed by atoms with E-state index >= 15 is 0 Å². The van der Waals surface area contributed by atoms with Crippen LogP contribution in [0.5, 0.6) is 0 Å². The molecule has 16 heavy (non-hydrogen) atoms. The van der Waals surface area contributed by atoms with Gasteiger partial charge in [0.05, 0.1) is 6.10 Å². The molecule has 0 aromatic rings. The zero-order valence-electron chi connectivity index (χ0n) is 10.2. The van der Waals surface area contributed by atoms with Gasteiger partial charge in [0.15, 0.2) is 5.78 Å². The Balaban J connectivity index is 1.83. The van der Waals surface area contributed by atoms with Crippen molar-refractivity contribution in [3.8, 4) is 0 Å². The molecule has 2 aliphatic rings. The van der Waals surface area contributed by atoms with Gasteiger partial charge in [-0.2, -0.15) is 0 Å². The molecule has 2 nitrogen and oxygen atoms in total. The second-order valence-corrected chi connectivity index (χ2v) is 5.30. The molecule has 0 aliphatic carbocycles. The summed E-state index contributed by atoms with van der Waals surface area (Å²) in [6.07, 6.45) is 13.3. The molecule has 2 rings (SSSR count). The Bertz CT molecular complexity index is 225. The number of Topliss-reactive ketones (excluding diaryl/α,β-unsaturated/α-hetero) is 1. The fourth-order valence-corrected chi connectivity index (χ4v) is 2.87. The lowest BCUT2D eigenvalue weighted by Gasteiger charge is -2.12. The van der Waals surface area contributed by atoms with Crippen molar-refractivity contribution in [3.63, 3.8) is 0 Å². The van der Waals surface area contributed by atoms with Gasteiger partial charge in [-0.25, -0.2) is 0 Å². The van der Waals surface area contributed by atoms with E-state index in [0.29, 0.717) is 11.9 Å². The largest absolute Gasteiger partial charge is 0.367 e. The number of rotatable bonds is 0. The minimum atomic E-state index is -0.0502. The molecule has 2 unspecified atom stereocenters. The minimum Gasteiger partial charge on any atom is -0.367 e. The van der Waals surface area contributed by atoms with E-state index in [1.165, 1.54) is 44.9 Å². The molecule has 2 bridgehead atoms. The smallest absolute Gasteiger partial charge is 0.161 e. The summed E-state index contributed by atoms with van der Waals surface area (Å²) in [5.41, 5.74) is 0. The number of carbonyl (C=O) groups is 1. The SMILES string of the molecule is O=C1CCCCCCCCCC2CCC1O2. The molecule has 0 N–H and O–H groups in total. The average molecular weight is 224 g/mol. The Kier molecular flexibility index (Phi) is 4.83. The Morgan fingerprint density at radius 2 is 1.50 bits per heavy atom. The Hall–Kier alpha value is -0.370. The highest BCUT2D eigenvalue weighted by atomic mass is 16.5. The van der Waals surface area contributed by atoms with Crippen molar-refractivity contribution in [2.24, 2.45) is 0 Å². The maximum absolute atomic E-state index is 11.8. The van der Waals surface area contributed by atoms with E-state index in [9.17, 15) is 4.79 Å². The molecule has 0 saturated carbocycles. The summed E-state index contributed by atoms with van der Waals surface area (Å²) in [5, 5.41) is 0. The van der Waals surface area contributed by atoms with Crippen LogP contribution in [0.15, 0.2) is 0 Å². The second kappa shape index (κ2) is 6.39. The summed E-state index contributed by atoms with van der Waals surface area (Å²) in [4.78, 5) is 11.8. The lowest BCUT2D eigenvalue weighted by Crippen LogP contribution is -2.21. The van der Waals surface area contributed by atoms with Gasteiger partial charge in [-0.1, -0.05) is 38.5 Å². The third-order valence-electron chi connectivity index (χ3n) is 3.92. The van der Waals surface area contributed by atoms with Crippen LogP contribution in [0.1, 0.15) is 70.6 Å².